The van der Waals surface area contributed by atoms with Gasteiger partial charge in [-0.1, -0.05) is 48.4 Å². The molecule has 1 fully saturated rings. The summed E-state index contributed by atoms with van der Waals surface area (Å²) in [7, 11) is -3.74. The Morgan fingerprint density at radius 2 is 1.78 bits per heavy atom. The van der Waals surface area contributed by atoms with Crippen molar-refractivity contribution < 1.29 is 27.9 Å². The molecule has 0 saturated carbocycles. The Morgan fingerprint density at radius 3 is 2.42 bits per heavy atom. The lowest BCUT2D eigenvalue weighted by Gasteiger charge is -2.39. The van der Waals surface area contributed by atoms with Crippen LogP contribution in [0.5, 0.6) is 0 Å². The SMILES string of the molecule is C#CCNC(=O)CNC(=O)CN(C1CCN(C(C(=O)O)c2cccc3ccccc23)CC1)S(C)(=O)=O. The van der Waals surface area contributed by atoms with Crippen LogP contribution in [0.1, 0.15) is 24.4 Å². The Balaban J connectivity index is 1.69. The van der Waals surface area contributed by atoms with Gasteiger partial charge in [-0.15, -0.1) is 6.42 Å². The number of fused-ring (bicyclic) bond motifs is 1. The Kier molecular flexibility index (Phi) is 9.03. The minimum absolute atomic E-state index is 0.0266. The van der Waals surface area contributed by atoms with E-state index in [1.54, 1.807) is 6.07 Å². The number of carbonyl (C=O) groups is 3. The first-order chi connectivity index (χ1) is 17.1. The van der Waals surface area contributed by atoms with Crippen LogP contribution < -0.4 is 10.6 Å². The number of likely N-dealkylation sites (tertiary alicyclic amines) is 1. The number of terminal acetylenes is 1. The predicted molar refractivity (Wildman–Crippen MR) is 135 cm³/mol. The molecule has 1 unspecified atom stereocenters. The fourth-order valence-corrected chi connectivity index (χ4v) is 5.62. The second-order valence-electron chi connectivity index (χ2n) is 8.64. The fourth-order valence-electron chi connectivity index (χ4n) is 4.51. The molecule has 3 N–H and O–H groups in total. The molecule has 2 aromatic carbocycles. The maximum atomic E-state index is 12.5. The van der Waals surface area contributed by atoms with Gasteiger partial charge in [-0.2, -0.15) is 4.31 Å². The molecular weight excluding hydrogens is 484 g/mol. The number of benzene rings is 2. The topological polar surface area (TPSA) is 136 Å². The summed E-state index contributed by atoms with van der Waals surface area (Å²) in [4.78, 5) is 38.1. The highest BCUT2D eigenvalue weighted by molar-refractivity contribution is 7.88. The Labute approximate surface area is 210 Å². The van der Waals surface area contributed by atoms with Crippen molar-refractivity contribution in [3.05, 3.63) is 48.0 Å². The number of nitrogens with zero attached hydrogens (tertiary/aromatic N) is 2. The van der Waals surface area contributed by atoms with Gasteiger partial charge in [0.25, 0.3) is 0 Å². The molecule has 3 rings (SSSR count). The number of carboxylic acid groups (broad SMARTS) is 1. The van der Waals surface area contributed by atoms with Crippen molar-refractivity contribution in [2.45, 2.75) is 24.9 Å². The molecule has 1 heterocycles. The summed E-state index contributed by atoms with van der Waals surface area (Å²) >= 11 is 0. The smallest absolute Gasteiger partial charge is 0.325 e. The summed E-state index contributed by atoms with van der Waals surface area (Å²) < 4.78 is 26.1. The summed E-state index contributed by atoms with van der Waals surface area (Å²) in [6, 6.07) is 11.8. The molecule has 1 saturated heterocycles. The zero-order chi connectivity index (χ0) is 26.3. The highest BCUT2D eigenvalue weighted by Crippen LogP contribution is 2.32. The summed E-state index contributed by atoms with van der Waals surface area (Å²) in [5, 5.41) is 16.7. The molecule has 36 heavy (non-hydrogen) atoms. The van der Waals surface area contributed by atoms with E-state index < -0.39 is 46.4 Å². The van der Waals surface area contributed by atoms with Crippen LogP contribution in [0.3, 0.4) is 0 Å². The molecule has 192 valence electrons. The van der Waals surface area contributed by atoms with Gasteiger partial charge >= 0.3 is 5.97 Å². The monoisotopic (exact) mass is 514 g/mol. The van der Waals surface area contributed by atoms with Crippen LogP contribution in [0.4, 0.5) is 0 Å². The lowest BCUT2D eigenvalue weighted by molar-refractivity contribution is -0.144. The van der Waals surface area contributed by atoms with Crippen LogP contribution >= 0.6 is 0 Å². The quantitative estimate of drug-likeness (QED) is 0.394. The number of amides is 2. The normalized spacial score (nSPS) is 15.8. The molecule has 1 aliphatic rings. The third-order valence-corrected chi connectivity index (χ3v) is 7.46. The largest absolute Gasteiger partial charge is 0.480 e. The minimum atomic E-state index is -3.74. The number of rotatable bonds is 10. The maximum absolute atomic E-state index is 12.5. The van der Waals surface area contributed by atoms with E-state index in [0.29, 0.717) is 31.5 Å². The molecule has 11 heteroatoms. The van der Waals surface area contributed by atoms with Crippen molar-refractivity contribution in [1.82, 2.24) is 19.8 Å². The first-order valence-electron chi connectivity index (χ1n) is 11.5. The number of sulfonamides is 1. The number of nitrogens with one attached hydrogen (secondary N) is 2. The molecule has 0 bridgehead atoms. The molecule has 0 radical (unpaired) electrons. The number of piperidine rings is 1. The van der Waals surface area contributed by atoms with Gasteiger partial charge < -0.3 is 15.7 Å². The number of carbonyl (C=O) groups excluding carboxylic acids is 2. The zero-order valence-electron chi connectivity index (χ0n) is 20.0. The van der Waals surface area contributed by atoms with E-state index in [1.807, 2.05) is 41.3 Å². The van der Waals surface area contributed by atoms with Gasteiger partial charge in [0.15, 0.2) is 0 Å². The van der Waals surface area contributed by atoms with Crippen molar-refractivity contribution >= 4 is 38.6 Å². The van der Waals surface area contributed by atoms with Crippen LogP contribution in [0.25, 0.3) is 10.8 Å². The van der Waals surface area contributed by atoms with Crippen molar-refractivity contribution in [1.29, 1.82) is 0 Å². The highest BCUT2D eigenvalue weighted by Gasteiger charge is 2.36. The maximum Gasteiger partial charge on any atom is 0.325 e. The molecule has 1 aliphatic heterocycles. The number of hydrogen-bond acceptors (Lipinski definition) is 6. The van der Waals surface area contributed by atoms with E-state index in [4.69, 9.17) is 6.42 Å². The van der Waals surface area contributed by atoms with Gasteiger partial charge in [0.2, 0.25) is 21.8 Å². The first kappa shape index (κ1) is 27.1. The third kappa shape index (κ3) is 6.81. The average Bonchev–Trinajstić information content (AvgIpc) is 2.84. The van der Waals surface area contributed by atoms with Crippen molar-refractivity contribution in [2.24, 2.45) is 0 Å². The van der Waals surface area contributed by atoms with Gasteiger partial charge in [0, 0.05) is 19.1 Å². The van der Waals surface area contributed by atoms with Gasteiger partial charge in [-0.3, -0.25) is 19.3 Å². The molecule has 1 atom stereocenters. The lowest BCUT2D eigenvalue weighted by atomic mass is 9.95. The van der Waals surface area contributed by atoms with E-state index in [-0.39, 0.29) is 13.1 Å². The number of aliphatic carboxylic acids is 1. The summed E-state index contributed by atoms with van der Waals surface area (Å²) in [6.45, 7) is -0.0433. The Morgan fingerprint density at radius 1 is 1.11 bits per heavy atom. The minimum Gasteiger partial charge on any atom is -0.480 e. The summed E-state index contributed by atoms with van der Waals surface area (Å²) in [5.41, 5.74) is 0.682. The Hall–Kier alpha value is -3.46. The van der Waals surface area contributed by atoms with E-state index in [9.17, 15) is 27.9 Å². The highest BCUT2D eigenvalue weighted by atomic mass is 32.2. The standard InChI is InChI=1S/C25H30N4O6S/c1-3-13-26-22(30)16-27-23(31)17-29(36(2,34)35)19-11-14-28(15-12-19)24(25(32)33)21-10-6-8-18-7-4-5-9-20(18)21/h1,4-10,19,24H,11-17H2,2H3,(H,26,30)(H,27,31)(H,32,33). The molecule has 2 amide bonds. The second-order valence-corrected chi connectivity index (χ2v) is 10.6. The van der Waals surface area contributed by atoms with E-state index in [2.05, 4.69) is 16.6 Å². The second kappa shape index (κ2) is 12.0. The fraction of sp³-hybridized carbons (Fsp3) is 0.400. The van der Waals surface area contributed by atoms with Gasteiger partial charge in [-0.05, 0) is 29.2 Å². The lowest BCUT2D eigenvalue weighted by Crippen LogP contribution is -2.52. The van der Waals surface area contributed by atoms with Crippen molar-refractivity contribution in [3.63, 3.8) is 0 Å². The molecule has 0 spiro atoms. The molecule has 0 aliphatic carbocycles. The van der Waals surface area contributed by atoms with Crippen LogP contribution in [-0.2, 0) is 24.4 Å². The van der Waals surface area contributed by atoms with Gasteiger partial charge in [-0.25, -0.2) is 8.42 Å². The van der Waals surface area contributed by atoms with Gasteiger partial charge in [0.1, 0.15) is 6.04 Å². The molecule has 10 nitrogen and oxygen atoms in total. The predicted octanol–water partition coefficient (Wildman–Crippen LogP) is 0.557. The van der Waals surface area contributed by atoms with Gasteiger partial charge in [0.05, 0.1) is 25.9 Å². The summed E-state index contributed by atoms with van der Waals surface area (Å²) in [5.74, 6) is 0.175. The van der Waals surface area contributed by atoms with Crippen LogP contribution in [0.2, 0.25) is 0 Å². The zero-order valence-corrected chi connectivity index (χ0v) is 20.8. The van der Waals surface area contributed by atoms with Crippen molar-refractivity contribution in [2.75, 3.05) is 39.0 Å². The van der Waals surface area contributed by atoms with Crippen LogP contribution in [0, 0.1) is 12.3 Å². The third-order valence-electron chi connectivity index (χ3n) is 6.18. The van der Waals surface area contributed by atoms with Crippen LogP contribution in [-0.4, -0.2) is 85.5 Å². The number of carboxylic acids is 1. The average molecular weight is 515 g/mol. The Bertz CT molecular complexity index is 1260. The van der Waals surface area contributed by atoms with E-state index in [0.717, 1.165) is 21.3 Å². The van der Waals surface area contributed by atoms with E-state index >= 15 is 0 Å². The first-order valence-corrected chi connectivity index (χ1v) is 13.3. The summed E-state index contributed by atoms with van der Waals surface area (Å²) in [6.07, 6.45) is 6.82. The van der Waals surface area contributed by atoms with Crippen LogP contribution in [0.15, 0.2) is 42.5 Å². The molecule has 0 aromatic heterocycles. The molecular formula is C25H30N4O6S. The number of hydrogen-bond donors (Lipinski definition) is 3. The van der Waals surface area contributed by atoms with E-state index in [1.165, 1.54) is 0 Å². The van der Waals surface area contributed by atoms with Crippen molar-refractivity contribution in [3.8, 4) is 12.3 Å². The molecule has 2 aromatic rings.